The Bertz CT molecular complexity index is 584. The maximum Gasteiger partial charge on any atom is 0.183 e. The van der Waals surface area contributed by atoms with Crippen molar-refractivity contribution < 1.29 is 0 Å². The van der Waals surface area contributed by atoms with Gasteiger partial charge in [-0.25, -0.2) is 4.98 Å². The van der Waals surface area contributed by atoms with Crippen molar-refractivity contribution in [1.82, 2.24) is 4.98 Å². The zero-order valence-corrected chi connectivity index (χ0v) is 12.2. The Morgan fingerprint density at radius 2 is 2.00 bits per heavy atom. The minimum absolute atomic E-state index is 0.911. The Labute approximate surface area is 118 Å². The monoisotopic (exact) mass is 272 g/mol. The van der Waals surface area contributed by atoms with Crippen molar-refractivity contribution in [3.63, 3.8) is 0 Å². The number of thiazole rings is 1. The Morgan fingerprint density at radius 3 is 2.68 bits per heavy atom. The molecule has 0 amide bonds. The average Bonchev–Trinajstić information content (AvgIpc) is 3.28. The van der Waals surface area contributed by atoms with Gasteiger partial charge in [0.2, 0.25) is 0 Å². The molecule has 1 N–H and O–H groups in total. The highest BCUT2D eigenvalue weighted by Gasteiger charge is 2.41. The van der Waals surface area contributed by atoms with Gasteiger partial charge in [0.05, 0.1) is 10.2 Å². The van der Waals surface area contributed by atoms with Gasteiger partial charge < -0.3 is 5.32 Å². The van der Waals surface area contributed by atoms with Gasteiger partial charge in [0, 0.05) is 6.54 Å². The van der Waals surface area contributed by atoms with Crippen LogP contribution in [0.25, 0.3) is 10.2 Å². The van der Waals surface area contributed by atoms with E-state index in [1.165, 1.54) is 35.9 Å². The van der Waals surface area contributed by atoms with Gasteiger partial charge in [-0.3, -0.25) is 0 Å². The van der Waals surface area contributed by atoms with Crippen molar-refractivity contribution in [3.05, 3.63) is 23.8 Å². The molecule has 0 saturated heterocycles. The van der Waals surface area contributed by atoms with Gasteiger partial charge >= 0.3 is 0 Å². The van der Waals surface area contributed by atoms with E-state index in [9.17, 15) is 0 Å². The third-order valence-corrected chi connectivity index (χ3v) is 5.48. The van der Waals surface area contributed by atoms with E-state index in [-0.39, 0.29) is 0 Å². The summed E-state index contributed by atoms with van der Waals surface area (Å²) >= 11 is 1.79. The summed E-state index contributed by atoms with van der Waals surface area (Å²) in [5.74, 6) is 2.93. The molecule has 1 aromatic heterocycles. The lowest BCUT2D eigenvalue weighted by Crippen LogP contribution is -2.18. The van der Waals surface area contributed by atoms with Crippen molar-refractivity contribution in [2.24, 2.45) is 17.8 Å². The van der Waals surface area contributed by atoms with Crippen molar-refractivity contribution in [2.75, 3.05) is 11.9 Å². The average molecular weight is 272 g/mol. The highest BCUT2D eigenvalue weighted by Crippen LogP contribution is 2.49. The molecule has 1 aromatic carbocycles. The van der Waals surface area contributed by atoms with Crippen LogP contribution in [0.2, 0.25) is 0 Å². The fourth-order valence-corrected chi connectivity index (χ4v) is 3.94. The lowest BCUT2D eigenvalue weighted by atomic mass is 9.98. The van der Waals surface area contributed by atoms with E-state index in [1.807, 2.05) is 0 Å². The van der Waals surface area contributed by atoms with Gasteiger partial charge in [0.15, 0.2) is 5.13 Å². The van der Waals surface area contributed by atoms with Gasteiger partial charge in [0.1, 0.15) is 0 Å². The molecule has 2 aliphatic rings. The minimum Gasteiger partial charge on any atom is -0.361 e. The normalized spacial score (nSPS) is 19.3. The quantitative estimate of drug-likeness (QED) is 0.869. The molecule has 0 radical (unpaired) electrons. The largest absolute Gasteiger partial charge is 0.361 e. The van der Waals surface area contributed by atoms with Crippen LogP contribution in [0.1, 0.15) is 31.2 Å². The van der Waals surface area contributed by atoms with Crippen molar-refractivity contribution in [1.29, 1.82) is 0 Å². The van der Waals surface area contributed by atoms with E-state index >= 15 is 0 Å². The predicted molar refractivity (Wildman–Crippen MR) is 81.8 cm³/mol. The molecule has 3 heteroatoms. The second-order valence-electron chi connectivity index (χ2n) is 6.21. The lowest BCUT2D eigenvalue weighted by Gasteiger charge is -2.15. The predicted octanol–water partition coefficient (Wildman–Crippen LogP) is 4.45. The highest BCUT2D eigenvalue weighted by atomic mass is 32.1. The molecule has 0 atom stereocenters. The number of anilines is 1. The Morgan fingerprint density at radius 1 is 1.26 bits per heavy atom. The van der Waals surface area contributed by atoms with Gasteiger partial charge in [-0.15, -0.1) is 0 Å². The molecule has 2 fully saturated rings. The maximum atomic E-state index is 4.71. The molecule has 100 valence electrons. The molecule has 0 aliphatic heterocycles. The number of aromatic nitrogens is 1. The summed E-state index contributed by atoms with van der Waals surface area (Å²) in [6.45, 7) is 3.26. The summed E-state index contributed by atoms with van der Waals surface area (Å²) in [7, 11) is 0. The number of nitrogens with zero attached hydrogens (tertiary/aromatic N) is 1. The molecule has 2 aliphatic carbocycles. The topological polar surface area (TPSA) is 24.9 Å². The first-order valence-electron chi connectivity index (χ1n) is 7.40. The summed E-state index contributed by atoms with van der Waals surface area (Å²) in [4.78, 5) is 4.71. The van der Waals surface area contributed by atoms with Crippen molar-refractivity contribution >= 4 is 26.7 Å². The molecule has 2 saturated carbocycles. The summed E-state index contributed by atoms with van der Waals surface area (Å²) in [5, 5.41) is 4.71. The molecule has 0 bridgehead atoms. The third-order valence-electron chi connectivity index (χ3n) is 4.49. The maximum absolute atomic E-state index is 4.71. The van der Waals surface area contributed by atoms with Crippen LogP contribution >= 0.6 is 11.3 Å². The van der Waals surface area contributed by atoms with Crippen molar-refractivity contribution in [3.8, 4) is 0 Å². The smallest absolute Gasteiger partial charge is 0.183 e. The first kappa shape index (κ1) is 11.7. The van der Waals surface area contributed by atoms with Crippen LogP contribution in [0, 0.1) is 24.7 Å². The zero-order valence-electron chi connectivity index (χ0n) is 11.4. The van der Waals surface area contributed by atoms with E-state index < -0.39 is 0 Å². The molecule has 0 unspecified atom stereocenters. The first-order chi connectivity index (χ1) is 9.29. The zero-order chi connectivity index (χ0) is 12.8. The Kier molecular flexibility index (Phi) is 2.76. The molecule has 1 heterocycles. The molecule has 4 rings (SSSR count). The fraction of sp³-hybridized carbons (Fsp3) is 0.562. The van der Waals surface area contributed by atoms with Crippen LogP contribution < -0.4 is 5.32 Å². The summed E-state index contributed by atoms with van der Waals surface area (Å²) in [5.41, 5.74) is 2.43. The van der Waals surface area contributed by atoms with Crippen LogP contribution in [0.15, 0.2) is 18.2 Å². The number of benzene rings is 1. The van der Waals surface area contributed by atoms with E-state index in [4.69, 9.17) is 4.98 Å². The second-order valence-corrected chi connectivity index (χ2v) is 7.24. The molecular weight excluding hydrogens is 252 g/mol. The van der Waals surface area contributed by atoms with E-state index in [1.54, 1.807) is 11.3 Å². The lowest BCUT2D eigenvalue weighted by molar-refractivity contribution is 0.428. The minimum atomic E-state index is 0.911. The van der Waals surface area contributed by atoms with Crippen LogP contribution in [0.5, 0.6) is 0 Å². The molecule has 2 nitrogen and oxygen atoms in total. The summed E-state index contributed by atoms with van der Waals surface area (Å²) in [6.07, 6.45) is 5.84. The fourth-order valence-electron chi connectivity index (χ4n) is 3.09. The number of rotatable bonds is 5. The standard InChI is InChI=1S/C16H20N2S/c1-10-2-7-15-14(8-10)18-16(19-15)17-9-13(11-3-4-11)12-5-6-12/h2,7-8,11-13H,3-6,9H2,1H3,(H,17,18). The molecule has 19 heavy (non-hydrogen) atoms. The van der Waals surface area contributed by atoms with Crippen molar-refractivity contribution in [2.45, 2.75) is 32.6 Å². The first-order valence-corrected chi connectivity index (χ1v) is 8.22. The number of hydrogen-bond acceptors (Lipinski definition) is 3. The molecule has 2 aromatic rings. The Balaban J connectivity index is 1.48. The van der Waals surface area contributed by atoms with E-state index in [0.29, 0.717) is 0 Å². The van der Waals surface area contributed by atoms with Crippen LogP contribution in [-0.4, -0.2) is 11.5 Å². The van der Waals surface area contributed by atoms with Gasteiger partial charge in [0.25, 0.3) is 0 Å². The molecular formula is C16H20N2S. The summed E-state index contributed by atoms with van der Waals surface area (Å²) in [6, 6.07) is 6.53. The van der Waals surface area contributed by atoms with Gasteiger partial charge in [-0.2, -0.15) is 0 Å². The Hall–Kier alpha value is -1.09. The van der Waals surface area contributed by atoms with Gasteiger partial charge in [-0.05, 0) is 68.1 Å². The number of hydrogen-bond donors (Lipinski definition) is 1. The summed E-state index contributed by atoms with van der Waals surface area (Å²) < 4.78 is 1.29. The number of aryl methyl sites for hydroxylation is 1. The van der Waals surface area contributed by atoms with Crippen LogP contribution in [0.4, 0.5) is 5.13 Å². The van der Waals surface area contributed by atoms with E-state index in [2.05, 4.69) is 30.4 Å². The van der Waals surface area contributed by atoms with Crippen LogP contribution in [-0.2, 0) is 0 Å². The number of fused-ring (bicyclic) bond motifs is 1. The van der Waals surface area contributed by atoms with Crippen LogP contribution in [0.3, 0.4) is 0 Å². The molecule has 0 spiro atoms. The highest BCUT2D eigenvalue weighted by molar-refractivity contribution is 7.22. The van der Waals surface area contributed by atoms with E-state index in [0.717, 1.165) is 34.9 Å². The number of nitrogens with one attached hydrogen (secondary N) is 1. The second kappa shape index (κ2) is 4.48. The van der Waals surface area contributed by atoms with Gasteiger partial charge in [-0.1, -0.05) is 17.4 Å². The SMILES string of the molecule is Cc1ccc2sc(NCC(C3CC3)C3CC3)nc2c1. The third kappa shape index (κ3) is 2.48.